The van der Waals surface area contributed by atoms with Gasteiger partial charge in [-0.15, -0.1) is 48.0 Å². The number of aryl methyl sites for hydroxylation is 2. The Kier molecular flexibility index (Phi) is 10.0. The zero-order valence-electron chi connectivity index (χ0n) is 42.0. The summed E-state index contributed by atoms with van der Waals surface area (Å²) in [6.45, 7) is 10.5. The fraction of sp³-hybridized carbons (Fsp3) is 0.204. The molecule has 0 unspecified atom stereocenters. The fourth-order valence-corrected chi connectivity index (χ4v) is 9.23. The van der Waals surface area contributed by atoms with Crippen LogP contribution < -0.4 is 5.19 Å². The molecule has 6 aromatic carbocycles. The minimum atomic E-state index is -2.53. The number of hydrogen-bond acceptors (Lipinski definition) is 5. The molecule has 6 nitrogen and oxygen atoms in total. The van der Waals surface area contributed by atoms with E-state index in [9.17, 15) is 4.39 Å². The van der Waals surface area contributed by atoms with E-state index in [4.69, 9.17) is 22.0 Å². The van der Waals surface area contributed by atoms with E-state index in [1.165, 1.54) is 17.3 Å². The molecule has 0 aliphatic carbocycles. The third-order valence-corrected chi connectivity index (χ3v) is 13.3. The zero-order chi connectivity index (χ0) is 48.4. The van der Waals surface area contributed by atoms with Crippen LogP contribution in [0, 0.1) is 31.7 Å². The van der Waals surface area contributed by atoms with Crippen LogP contribution in [0.25, 0.3) is 83.5 Å². The van der Waals surface area contributed by atoms with Crippen LogP contribution in [0.3, 0.4) is 0 Å². The van der Waals surface area contributed by atoms with Crippen molar-refractivity contribution >= 4 is 57.3 Å². The van der Waals surface area contributed by atoms with Crippen molar-refractivity contribution in [2.75, 3.05) is 0 Å². The van der Waals surface area contributed by atoms with Crippen LogP contribution in [-0.2, 0) is 20.1 Å². The minimum absolute atomic E-state index is 0. The molecule has 0 atom stereocenters. The molecular formula is C54H49FIrN4O2Si-2. The molecule has 0 saturated heterocycles. The quantitative estimate of drug-likeness (QED) is 0.117. The Morgan fingerprint density at radius 1 is 0.714 bits per heavy atom. The summed E-state index contributed by atoms with van der Waals surface area (Å²) >= 11 is 0. The summed E-state index contributed by atoms with van der Waals surface area (Å²) in [4.78, 5) is 13.7. The molecule has 0 N–H and O–H groups in total. The SMILES string of the molecule is C[Si](C)(C)c1ccnc(-c2[c-]cc(F)cc2)c1.[2H]C([2H])([2H])c1nc2ccc3c4cc[c-]c(-c5nc6cccc(C([2H])([2H])[2H])c6n5-c5c(C(C)C)cc(-c6ccccc6)cc5C(C)C)c4oc3c2o1.[Ir]. The summed E-state index contributed by atoms with van der Waals surface area (Å²) in [6, 6.07) is 42.0. The molecule has 0 fully saturated rings. The molecule has 319 valence electrons. The standard InChI is InChI=1S/C40H34N3O2.C14H15FNSi.Ir/c1-22(2)31-20-27(26-13-8-7-9-14-26)21-32(23(3)4)36(31)43-35-24(5)12-10-17-33(35)42-40(43)30-16-11-15-28-29-18-19-34-39(44-25(6)41-34)38(29)45-37(28)30;1-17(2,3)13-8-9-16-14(10-13)11-4-6-12(15)7-5-11;/h7-15,17-23H,1-6H3;4,6-10H,1-3H3;/q2*-1;/i5D3,6D3;;. The van der Waals surface area contributed by atoms with Gasteiger partial charge in [0.2, 0.25) is 0 Å². The van der Waals surface area contributed by atoms with Gasteiger partial charge in [0, 0.05) is 58.3 Å². The average Bonchev–Trinajstić information content (AvgIpc) is 4.03. The molecule has 0 aliphatic rings. The van der Waals surface area contributed by atoms with Crippen molar-refractivity contribution in [3.05, 3.63) is 162 Å². The Balaban J connectivity index is 0.000000301. The normalized spacial score (nSPS) is 13.6. The van der Waals surface area contributed by atoms with Crippen molar-refractivity contribution in [3.8, 4) is 39.5 Å². The average molecular weight is 1030 g/mol. The van der Waals surface area contributed by atoms with E-state index < -0.39 is 21.8 Å². The number of halogens is 1. The number of para-hydroxylation sites is 1. The van der Waals surface area contributed by atoms with E-state index in [0.29, 0.717) is 44.5 Å². The summed E-state index contributed by atoms with van der Waals surface area (Å²) < 4.78 is 76.4. The Labute approximate surface area is 391 Å². The number of oxazole rings is 1. The molecule has 0 bridgehead atoms. The minimum Gasteiger partial charge on any atom is -0.497 e. The predicted molar refractivity (Wildman–Crippen MR) is 255 cm³/mol. The van der Waals surface area contributed by atoms with Crippen molar-refractivity contribution in [3.63, 3.8) is 0 Å². The van der Waals surface area contributed by atoms with Crippen molar-refractivity contribution in [2.45, 2.75) is 72.9 Å². The third kappa shape index (κ3) is 8.22. The molecule has 9 heteroatoms. The molecule has 1 radical (unpaired) electrons. The van der Waals surface area contributed by atoms with Crippen LogP contribution in [-0.4, -0.2) is 27.6 Å². The van der Waals surface area contributed by atoms with Crippen LogP contribution in [0.4, 0.5) is 4.39 Å². The molecule has 0 spiro atoms. The molecular weight excluding hydrogens is 976 g/mol. The number of pyridine rings is 1. The Hall–Kier alpha value is -5.99. The van der Waals surface area contributed by atoms with Crippen molar-refractivity contribution in [1.82, 2.24) is 19.5 Å². The summed E-state index contributed by atoms with van der Waals surface area (Å²) in [5, 5.41) is 2.81. The maximum absolute atomic E-state index is 12.8. The first-order valence-corrected chi connectivity index (χ1v) is 24.3. The second-order valence-corrected chi connectivity index (χ2v) is 22.3. The summed E-state index contributed by atoms with van der Waals surface area (Å²) in [5.41, 5.74) is 9.97. The number of rotatable bonds is 7. The molecule has 4 heterocycles. The van der Waals surface area contributed by atoms with Gasteiger partial charge in [0.25, 0.3) is 0 Å². The van der Waals surface area contributed by atoms with E-state index in [-0.39, 0.29) is 54.8 Å². The first kappa shape index (κ1) is 36.5. The van der Waals surface area contributed by atoms with E-state index >= 15 is 0 Å². The molecule has 10 aromatic rings. The second-order valence-electron chi connectivity index (χ2n) is 17.2. The largest absolute Gasteiger partial charge is 0.497 e. The monoisotopic (exact) mass is 1030 g/mol. The number of imidazole rings is 1. The fourth-order valence-electron chi connectivity index (χ4n) is 8.09. The topological polar surface area (TPSA) is 69.9 Å². The first-order valence-electron chi connectivity index (χ1n) is 23.8. The van der Waals surface area contributed by atoms with Gasteiger partial charge < -0.3 is 18.4 Å². The maximum Gasteiger partial charge on any atom is 0.196 e. The summed E-state index contributed by atoms with van der Waals surface area (Å²) in [7, 11) is -1.34. The van der Waals surface area contributed by atoms with E-state index in [0.717, 1.165) is 44.6 Å². The number of fused-ring (bicyclic) bond motifs is 6. The molecule has 10 rings (SSSR count). The van der Waals surface area contributed by atoms with Gasteiger partial charge in [0.1, 0.15) is 5.52 Å². The van der Waals surface area contributed by atoms with Gasteiger partial charge >= 0.3 is 0 Å². The van der Waals surface area contributed by atoms with Crippen LogP contribution in [0.1, 0.15) is 70.3 Å². The molecule has 63 heavy (non-hydrogen) atoms. The van der Waals surface area contributed by atoms with Gasteiger partial charge in [-0.25, -0.2) is 4.98 Å². The van der Waals surface area contributed by atoms with Gasteiger partial charge in [-0.05, 0) is 88.6 Å². The van der Waals surface area contributed by atoms with Crippen LogP contribution in [0.5, 0.6) is 0 Å². The second kappa shape index (κ2) is 17.3. The zero-order valence-corrected chi connectivity index (χ0v) is 39.4. The maximum atomic E-state index is 12.8. The first-order chi connectivity index (χ1) is 32.2. The predicted octanol–water partition coefficient (Wildman–Crippen LogP) is 14.3. The van der Waals surface area contributed by atoms with E-state index in [2.05, 4.69) is 106 Å². The number of benzene rings is 6. The van der Waals surface area contributed by atoms with Gasteiger partial charge in [-0.2, -0.15) is 0 Å². The third-order valence-electron chi connectivity index (χ3n) is 11.3. The summed E-state index contributed by atoms with van der Waals surface area (Å²) in [6.07, 6.45) is 1.82. The Bertz CT molecular complexity index is 3470. The van der Waals surface area contributed by atoms with Crippen LogP contribution >= 0.6 is 0 Å². The molecule has 0 saturated carbocycles. The number of hydrogen-bond donors (Lipinski definition) is 0. The van der Waals surface area contributed by atoms with Crippen molar-refractivity contribution in [2.24, 2.45) is 0 Å². The van der Waals surface area contributed by atoms with Gasteiger partial charge in [0.15, 0.2) is 17.1 Å². The van der Waals surface area contributed by atoms with Crippen molar-refractivity contribution in [1.29, 1.82) is 0 Å². The smallest absolute Gasteiger partial charge is 0.196 e. The number of furan rings is 1. The molecule has 4 aromatic heterocycles. The summed E-state index contributed by atoms with van der Waals surface area (Å²) in [5.74, 6) is -0.0404. The Morgan fingerprint density at radius 3 is 2.16 bits per heavy atom. The Morgan fingerprint density at radius 2 is 1.48 bits per heavy atom. The van der Waals surface area contributed by atoms with Crippen LogP contribution in [0.2, 0.25) is 19.6 Å². The molecule has 0 aliphatic heterocycles. The van der Waals surface area contributed by atoms with Gasteiger partial charge in [0.05, 0.1) is 30.5 Å². The van der Waals surface area contributed by atoms with Crippen LogP contribution in [0.15, 0.2) is 130 Å². The molecule has 0 amide bonds. The number of aromatic nitrogens is 4. The van der Waals surface area contributed by atoms with E-state index in [1.54, 1.807) is 30.3 Å². The number of nitrogens with zero attached hydrogens (tertiary/aromatic N) is 4. The van der Waals surface area contributed by atoms with Crippen molar-refractivity contribution < 1.29 is 41.6 Å². The van der Waals surface area contributed by atoms with Gasteiger partial charge in [-0.3, -0.25) is 9.37 Å². The van der Waals surface area contributed by atoms with Gasteiger partial charge in [-0.1, -0.05) is 112 Å². The van der Waals surface area contributed by atoms with E-state index in [1.807, 2.05) is 47.2 Å².